The molecule has 2 heterocycles. The largest absolute Gasteiger partial charge is 0.376 e. The Balaban J connectivity index is 1.45. The van der Waals surface area contributed by atoms with Gasteiger partial charge in [-0.1, -0.05) is 19.8 Å². The molecule has 0 unspecified atom stereocenters. The summed E-state index contributed by atoms with van der Waals surface area (Å²) in [6.07, 6.45) is 7.17. The van der Waals surface area contributed by atoms with Gasteiger partial charge in [-0.2, -0.15) is 4.52 Å². The lowest BCUT2D eigenvalue weighted by molar-refractivity contribution is 0.000368. The Morgan fingerprint density at radius 1 is 1.35 bits per heavy atom. The van der Waals surface area contributed by atoms with Crippen LogP contribution in [0.5, 0.6) is 0 Å². The molecule has 6 heteroatoms. The van der Waals surface area contributed by atoms with E-state index < -0.39 is 0 Å². The Morgan fingerprint density at radius 3 is 3.15 bits per heavy atom. The van der Waals surface area contributed by atoms with Crippen LogP contribution in [0.2, 0.25) is 0 Å². The zero-order valence-corrected chi connectivity index (χ0v) is 11.8. The fourth-order valence-electron chi connectivity index (χ4n) is 2.74. The molecule has 2 aromatic heterocycles. The van der Waals surface area contributed by atoms with Crippen molar-refractivity contribution in [2.24, 2.45) is 5.92 Å². The van der Waals surface area contributed by atoms with Crippen LogP contribution in [-0.4, -0.2) is 39.1 Å². The van der Waals surface area contributed by atoms with Crippen molar-refractivity contribution < 1.29 is 4.74 Å². The standard InChI is InChI=1S/C14H21N5O/c1-11-4-2-3-5-12(11)20-9-8-15-13-6-7-14-17-16-10-19(14)18-13/h6-7,10-12H,2-5,8-9H2,1H3,(H,15,18)/t11-,12-/m0/s1. The Bertz CT molecular complexity index is 555. The van der Waals surface area contributed by atoms with Gasteiger partial charge in [-0.25, -0.2) is 0 Å². The molecule has 1 fully saturated rings. The van der Waals surface area contributed by atoms with E-state index in [1.807, 2.05) is 12.1 Å². The summed E-state index contributed by atoms with van der Waals surface area (Å²) >= 11 is 0. The highest BCUT2D eigenvalue weighted by Crippen LogP contribution is 2.26. The molecule has 108 valence electrons. The van der Waals surface area contributed by atoms with Crippen molar-refractivity contribution in [3.05, 3.63) is 18.5 Å². The Labute approximate surface area is 118 Å². The van der Waals surface area contributed by atoms with Gasteiger partial charge in [0.15, 0.2) is 5.65 Å². The van der Waals surface area contributed by atoms with Crippen molar-refractivity contribution in [2.75, 3.05) is 18.5 Å². The maximum absolute atomic E-state index is 5.97. The Hall–Kier alpha value is -1.69. The van der Waals surface area contributed by atoms with Gasteiger partial charge in [0.1, 0.15) is 12.1 Å². The number of fused-ring (bicyclic) bond motifs is 1. The number of nitrogens with zero attached hydrogens (tertiary/aromatic N) is 4. The zero-order valence-electron chi connectivity index (χ0n) is 11.8. The second-order valence-electron chi connectivity index (χ2n) is 5.45. The van der Waals surface area contributed by atoms with E-state index in [1.54, 1.807) is 10.8 Å². The first-order chi connectivity index (χ1) is 9.83. The van der Waals surface area contributed by atoms with E-state index in [1.165, 1.54) is 25.7 Å². The van der Waals surface area contributed by atoms with E-state index in [4.69, 9.17) is 4.74 Å². The minimum atomic E-state index is 0.429. The first-order valence-electron chi connectivity index (χ1n) is 7.35. The summed E-state index contributed by atoms with van der Waals surface area (Å²) in [5.74, 6) is 1.51. The number of anilines is 1. The quantitative estimate of drug-likeness (QED) is 0.847. The lowest BCUT2D eigenvalue weighted by Gasteiger charge is -2.28. The highest BCUT2D eigenvalue weighted by Gasteiger charge is 2.21. The third-order valence-electron chi connectivity index (χ3n) is 3.93. The second kappa shape index (κ2) is 6.17. The molecule has 0 bridgehead atoms. The van der Waals surface area contributed by atoms with E-state index in [-0.39, 0.29) is 0 Å². The molecule has 1 aliphatic carbocycles. The average molecular weight is 275 g/mol. The summed E-state index contributed by atoms with van der Waals surface area (Å²) < 4.78 is 7.63. The number of hydrogen-bond donors (Lipinski definition) is 1. The highest BCUT2D eigenvalue weighted by molar-refractivity contribution is 5.42. The molecule has 0 amide bonds. The maximum Gasteiger partial charge on any atom is 0.177 e. The summed E-state index contributed by atoms with van der Waals surface area (Å²) in [4.78, 5) is 0. The molecule has 6 nitrogen and oxygen atoms in total. The minimum absolute atomic E-state index is 0.429. The molecule has 1 saturated carbocycles. The molecule has 0 spiro atoms. The molecule has 2 atom stereocenters. The van der Waals surface area contributed by atoms with Crippen LogP contribution in [0.15, 0.2) is 18.5 Å². The molecule has 3 rings (SSSR count). The average Bonchev–Trinajstić information content (AvgIpc) is 2.93. The van der Waals surface area contributed by atoms with E-state index >= 15 is 0 Å². The van der Waals surface area contributed by atoms with Gasteiger partial charge >= 0.3 is 0 Å². The zero-order chi connectivity index (χ0) is 13.8. The molecule has 20 heavy (non-hydrogen) atoms. The van der Waals surface area contributed by atoms with Crippen molar-refractivity contribution in [2.45, 2.75) is 38.7 Å². The van der Waals surface area contributed by atoms with Crippen LogP contribution >= 0.6 is 0 Å². The highest BCUT2D eigenvalue weighted by atomic mass is 16.5. The summed E-state index contributed by atoms with van der Waals surface area (Å²) in [6.45, 7) is 3.78. The molecule has 1 N–H and O–H groups in total. The van der Waals surface area contributed by atoms with Crippen LogP contribution in [-0.2, 0) is 4.74 Å². The fraction of sp³-hybridized carbons (Fsp3) is 0.643. The molecule has 0 saturated heterocycles. The van der Waals surface area contributed by atoms with E-state index in [2.05, 4.69) is 27.5 Å². The van der Waals surface area contributed by atoms with Crippen LogP contribution in [0, 0.1) is 5.92 Å². The van der Waals surface area contributed by atoms with E-state index in [9.17, 15) is 0 Å². The molecule has 1 aliphatic rings. The lowest BCUT2D eigenvalue weighted by Crippen LogP contribution is -2.27. The van der Waals surface area contributed by atoms with Crippen molar-refractivity contribution >= 4 is 11.5 Å². The summed E-state index contributed by atoms with van der Waals surface area (Å²) in [5, 5.41) is 15.4. The third kappa shape index (κ3) is 3.07. The topological polar surface area (TPSA) is 64.3 Å². The first kappa shape index (κ1) is 13.3. The predicted octanol–water partition coefficient (Wildman–Crippen LogP) is 2.13. The van der Waals surface area contributed by atoms with Crippen molar-refractivity contribution in [1.82, 2.24) is 19.8 Å². The third-order valence-corrected chi connectivity index (χ3v) is 3.93. The summed E-state index contributed by atoms with van der Waals surface area (Å²) in [5.41, 5.74) is 0.753. The van der Waals surface area contributed by atoms with Gasteiger partial charge in [0.2, 0.25) is 0 Å². The number of aromatic nitrogens is 4. The SMILES string of the molecule is C[C@H]1CCCC[C@@H]1OCCNc1ccc2nncn2n1. The number of ether oxygens (including phenoxy) is 1. The molecular formula is C14H21N5O. The Kier molecular flexibility index (Phi) is 4.11. The fourth-order valence-corrected chi connectivity index (χ4v) is 2.74. The smallest absolute Gasteiger partial charge is 0.177 e. The van der Waals surface area contributed by atoms with Crippen LogP contribution in [0.25, 0.3) is 5.65 Å². The molecule has 2 aromatic rings. The number of rotatable bonds is 5. The summed E-state index contributed by atoms with van der Waals surface area (Å²) in [7, 11) is 0. The van der Waals surface area contributed by atoms with Crippen molar-refractivity contribution in [1.29, 1.82) is 0 Å². The van der Waals surface area contributed by atoms with Crippen molar-refractivity contribution in [3.8, 4) is 0 Å². The van der Waals surface area contributed by atoms with Gasteiger partial charge in [-0.15, -0.1) is 15.3 Å². The van der Waals surface area contributed by atoms with E-state index in [0.29, 0.717) is 12.0 Å². The number of hydrogen-bond acceptors (Lipinski definition) is 5. The normalized spacial score (nSPS) is 23.1. The molecule has 0 aliphatic heterocycles. The van der Waals surface area contributed by atoms with Crippen molar-refractivity contribution in [3.63, 3.8) is 0 Å². The van der Waals surface area contributed by atoms with Crippen LogP contribution in [0.1, 0.15) is 32.6 Å². The van der Waals surface area contributed by atoms with Gasteiger partial charge in [0, 0.05) is 6.54 Å². The first-order valence-corrected chi connectivity index (χ1v) is 7.35. The van der Waals surface area contributed by atoms with Gasteiger partial charge in [0.25, 0.3) is 0 Å². The Morgan fingerprint density at radius 2 is 2.25 bits per heavy atom. The van der Waals surface area contributed by atoms with Gasteiger partial charge in [-0.05, 0) is 30.9 Å². The maximum atomic E-state index is 5.97. The summed E-state index contributed by atoms with van der Waals surface area (Å²) in [6, 6.07) is 3.81. The van der Waals surface area contributed by atoms with Crippen LogP contribution in [0.3, 0.4) is 0 Å². The van der Waals surface area contributed by atoms with Crippen LogP contribution < -0.4 is 5.32 Å². The predicted molar refractivity (Wildman–Crippen MR) is 76.6 cm³/mol. The molecule has 0 radical (unpaired) electrons. The minimum Gasteiger partial charge on any atom is -0.376 e. The second-order valence-corrected chi connectivity index (χ2v) is 5.45. The molecule has 0 aromatic carbocycles. The van der Waals surface area contributed by atoms with Crippen LogP contribution in [0.4, 0.5) is 5.82 Å². The monoisotopic (exact) mass is 275 g/mol. The van der Waals surface area contributed by atoms with E-state index in [0.717, 1.165) is 24.6 Å². The number of nitrogens with one attached hydrogen (secondary N) is 1. The van der Waals surface area contributed by atoms with Gasteiger partial charge in [0.05, 0.1) is 12.7 Å². The lowest BCUT2D eigenvalue weighted by atomic mass is 9.88. The molecular weight excluding hydrogens is 254 g/mol. The van der Waals surface area contributed by atoms with Gasteiger partial charge < -0.3 is 10.1 Å². The van der Waals surface area contributed by atoms with Gasteiger partial charge in [-0.3, -0.25) is 0 Å².